The standard InChI is InChI=1S/C14H19BrO3/c1-3-18-11-8-14(16,9-11)7-10-4-5-13(17-2)12(15)6-10/h4-6,11,16H,3,7-9H2,1-2H3. The summed E-state index contributed by atoms with van der Waals surface area (Å²) >= 11 is 3.46. The Morgan fingerprint density at radius 1 is 1.44 bits per heavy atom. The molecule has 1 aliphatic rings. The summed E-state index contributed by atoms with van der Waals surface area (Å²) in [4.78, 5) is 0. The van der Waals surface area contributed by atoms with Crippen LogP contribution in [0.25, 0.3) is 0 Å². The van der Waals surface area contributed by atoms with E-state index in [1.807, 2.05) is 25.1 Å². The first-order valence-electron chi connectivity index (χ1n) is 6.23. The summed E-state index contributed by atoms with van der Waals surface area (Å²) in [5.74, 6) is 0.812. The van der Waals surface area contributed by atoms with Crippen LogP contribution in [0.1, 0.15) is 25.3 Å². The molecule has 0 unspecified atom stereocenters. The average Bonchev–Trinajstić information content (AvgIpc) is 2.27. The molecular weight excluding hydrogens is 296 g/mol. The highest BCUT2D eigenvalue weighted by Crippen LogP contribution is 2.38. The zero-order valence-corrected chi connectivity index (χ0v) is 12.4. The second-order valence-electron chi connectivity index (χ2n) is 4.86. The molecule has 1 N–H and O–H groups in total. The number of rotatable bonds is 5. The van der Waals surface area contributed by atoms with Crippen LogP contribution in [0.15, 0.2) is 22.7 Å². The van der Waals surface area contributed by atoms with Crippen molar-refractivity contribution >= 4 is 15.9 Å². The fraction of sp³-hybridized carbons (Fsp3) is 0.571. The fourth-order valence-corrected chi connectivity index (χ4v) is 3.07. The lowest BCUT2D eigenvalue weighted by molar-refractivity contribution is -0.136. The Hall–Kier alpha value is -0.580. The molecule has 2 rings (SSSR count). The third-order valence-electron chi connectivity index (χ3n) is 3.37. The van der Waals surface area contributed by atoms with Crippen molar-refractivity contribution in [1.29, 1.82) is 0 Å². The predicted octanol–water partition coefficient (Wildman–Crippen LogP) is 2.93. The summed E-state index contributed by atoms with van der Waals surface area (Å²) in [5, 5.41) is 10.4. The maximum absolute atomic E-state index is 10.4. The van der Waals surface area contributed by atoms with Crippen molar-refractivity contribution in [2.24, 2.45) is 0 Å². The summed E-state index contributed by atoms with van der Waals surface area (Å²) in [7, 11) is 1.64. The Morgan fingerprint density at radius 2 is 2.17 bits per heavy atom. The number of hydrogen-bond donors (Lipinski definition) is 1. The molecule has 1 aliphatic carbocycles. The minimum atomic E-state index is -0.603. The Morgan fingerprint density at radius 3 is 2.72 bits per heavy atom. The van der Waals surface area contributed by atoms with Crippen LogP contribution in [0.4, 0.5) is 0 Å². The molecule has 0 atom stereocenters. The smallest absolute Gasteiger partial charge is 0.133 e. The lowest BCUT2D eigenvalue weighted by atomic mass is 9.73. The number of hydrogen-bond acceptors (Lipinski definition) is 3. The van der Waals surface area contributed by atoms with E-state index in [-0.39, 0.29) is 6.10 Å². The van der Waals surface area contributed by atoms with Crippen molar-refractivity contribution in [3.8, 4) is 5.75 Å². The molecule has 0 radical (unpaired) electrons. The van der Waals surface area contributed by atoms with Crippen LogP contribution >= 0.6 is 15.9 Å². The number of methoxy groups -OCH3 is 1. The van der Waals surface area contributed by atoms with Crippen LogP contribution < -0.4 is 4.74 Å². The molecule has 1 aromatic rings. The fourth-order valence-electron chi connectivity index (χ4n) is 2.49. The van der Waals surface area contributed by atoms with Crippen LogP contribution in [0, 0.1) is 0 Å². The summed E-state index contributed by atoms with van der Waals surface area (Å²) in [6.45, 7) is 2.70. The van der Waals surface area contributed by atoms with Crippen LogP contribution in [0.5, 0.6) is 5.75 Å². The van der Waals surface area contributed by atoms with Crippen LogP contribution in [-0.4, -0.2) is 30.5 Å². The third kappa shape index (κ3) is 3.05. The maximum atomic E-state index is 10.4. The van der Waals surface area contributed by atoms with Crippen molar-refractivity contribution in [1.82, 2.24) is 0 Å². The van der Waals surface area contributed by atoms with Crippen molar-refractivity contribution in [3.05, 3.63) is 28.2 Å². The van der Waals surface area contributed by atoms with Crippen molar-refractivity contribution in [3.63, 3.8) is 0 Å². The Balaban J connectivity index is 1.96. The van der Waals surface area contributed by atoms with E-state index < -0.39 is 5.60 Å². The van der Waals surface area contributed by atoms with Gasteiger partial charge in [0.2, 0.25) is 0 Å². The first-order valence-corrected chi connectivity index (χ1v) is 7.02. The molecule has 18 heavy (non-hydrogen) atoms. The number of aliphatic hydroxyl groups is 1. The van der Waals surface area contributed by atoms with E-state index in [4.69, 9.17) is 9.47 Å². The molecule has 4 heteroatoms. The molecule has 1 fully saturated rings. The summed E-state index contributed by atoms with van der Waals surface area (Å²) in [6.07, 6.45) is 2.34. The highest BCUT2D eigenvalue weighted by Gasteiger charge is 2.43. The number of halogens is 1. The minimum absolute atomic E-state index is 0.224. The summed E-state index contributed by atoms with van der Waals surface area (Å²) in [6, 6.07) is 5.92. The lowest BCUT2D eigenvalue weighted by Gasteiger charge is -2.43. The van der Waals surface area contributed by atoms with Gasteiger partial charge in [0.05, 0.1) is 23.3 Å². The molecule has 0 heterocycles. The van der Waals surface area contributed by atoms with Gasteiger partial charge in [-0.2, -0.15) is 0 Å². The molecule has 1 aromatic carbocycles. The van der Waals surface area contributed by atoms with Gasteiger partial charge in [-0.05, 0) is 40.5 Å². The van der Waals surface area contributed by atoms with Gasteiger partial charge in [0.15, 0.2) is 0 Å². The highest BCUT2D eigenvalue weighted by molar-refractivity contribution is 9.10. The quantitative estimate of drug-likeness (QED) is 0.908. The highest BCUT2D eigenvalue weighted by atomic mass is 79.9. The van der Waals surface area contributed by atoms with Gasteiger partial charge in [-0.15, -0.1) is 0 Å². The van der Waals surface area contributed by atoms with Gasteiger partial charge in [-0.25, -0.2) is 0 Å². The number of ether oxygens (including phenoxy) is 2. The van der Waals surface area contributed by atoms with Crippen molar-refractivity contribution < 1.29 is 14.6 Å². The molecule has 0 saturated heterocycles. The number of benzene rings is 1. The predicted molar refractivity (Wildman–Crippen MR) is 74.0 cm³/mol. The van der Waals surface area contributed by atoms with Gasteiger partial charge in [-0.3, -0.25) is 0 Å². The summed E-state index contributed by atoms with van der Waals surface area (Å²) < 4.78 is 11.6. The molecule has 0 bridgehead atoms. The maximum Gasteiger partial charge on any atom is 0.133 e. The van der Waals surface area contributed by atoms with Gasteiger partial charge in [-0.1, -0.05) is 6.07 Å². The Kier molecular flexibility index (Phi) is 4.30. The minimum Gasteiger partial charge on any atom is -0.496 e. The van der Waals surface area contributed by atoms with E-state index in [0.29, 0.717) is 6.42 Å². The van der Waals surface area contributed by atoms with Crippen LogP contribution in [-0.2, 0) is 11.2 Å². The molecule has 0 spiro atoms. The molecule has 0 aromatic heterocycles. The van der Waals surface area contributed by atoms with Crippen LogP contribution in [0.2, 0.25) is 0 Å². The molecule has 3 nitrogen and oxygen atoms in total. The van der Waals surface area contributed by atoms with E-state index in [0.717, 1.165) is 35.2 Å². The molecule has 1 saturated carbocycles. The first-order chi connectivity index (χ1) is 8.56. The van der Waals surface area contributed by atoms with Gasteiger partial charge >= 0.3 is 0 Å². The van der Waals surface area contributed by atoms with Crippen molar-refractivity contribution in [2.75, 3.05) is 13.7 Å². The van der Waals surface area contributed by atoms with Gasteiger partial charge in [0.1, 0.15) is 5.75 Å². The monoisotopic (exact) mass is 314 g/mol. The van der Waals surface area contributed by atoms with Crippen molar-refractivity contribution in [2.45, 2.75) is 37.9 Å². The molecule has 100 valence electrons. The van der Waals surface area contributed by atoms with E-state index in [1.54, 1.807) is 7.11 Å². The van der Waals surface area contributed by atoms with Gasteiger partial charge < -0.3 is 14.6 Å². The molecular formula is C14H19BrO3. The van der Waals surface area contributed by atoms with E-state index in [9.17, 15) is 5.11 Å². The zero-order chi connectivity index (χ0) is 13.2. The molecule has 0 aliphatic heterocycles. The van der Waals surface area contributed by atoms with E-state index in [2.05, 4.69) is 15.9 Å². The third-order valence-corrected chi connectivity index (χ3v) is 3.99. The SMILES string of the molecule is CCOC1CC(O)(Cc2ccc(OC)c(Br)c2)C1. The average molecular weight is 315 g/mol. The van der Waals surface area contributed by atoms with Gasteiger partial charge in [0.25, 0.3) is 0 Å². The normalized spacial score (nSPS) is 26.8. The summed E-state index contributed by atoms with van der Waals surface area (Å²) in [5.41, 5.74) is 0.508. The second-order valence-corrected chi connectivity index (χ2v) is 5.71. The molecule has 0 amide bonds. The topological polar surface area (TPSA) is 38.7 Å². The Labute approximate surface area is 116 Å². The Bertz CT molecular complexity index is 414. The second kappa shape index (κ2) is 5.59. The largest absolute Gasteiger partial charge is 0.496 e. The van der Waals surface area contributed by atoms with Gasteiger partial charge in [0, 0.05) is 25.9 Å². The van der Waals surface area contributed by atoms with E-state index in [1.165, 1.54) is 0 Å². The first kappa shape index (κ1) is 13.8. The lowest BCUT2D eigenvalue weighted by Crippen LogP contribution is -2.49. The van der Waals surface area contributed by atoms with E-state index >= 15 is 0 Å². The zero-order valence-electron chi connectivity index (χ0n) is 10.8. The van der Waals surface area contributed by atoms with Crippen LogP contribution in [0.3, 0.4) is 0 Å².